The number of rotatable bonds is 4. The Bertz CT molecular complexity index is 654. The summed E-state index contributed by atoms with van der Waals surface area (Å²) >= 11 is 1.78. The lowest BCUT2D eigenvalue weighted by atomic mass is 10.1. The summed E-state index contributed by atoms with van der Waals surface area (Å²) in [4.78, 5) is 20.0. The normalized spacial score (nSPS) is 15.1. The molecule has 0 bridgehead atoms. The van der Waals surface area contributed by atoms with Gasteiger partial charge in [0.05, 0.1) is 19.0 Å². The molecular formula is C16H19N3O2S. The second kappa shape index (κ2) is 6.36. The van der Waals surface area contributed by atoms with E-state index in [1.165, 1.54) is 10.4 Å². The number of methoxy groups -OCH3 is 1. The van der Waals surface area contributed by atoms with Crippen LogP contribution in [-0.4, -0.2) is 35.5 Å². The first-order chi connectivity index (χ1) is 10.7. The molecule has 1 amide bonds. The molecule has 2 aromatic heterocycles. The van der Waals surface area contributed by atoms with Gasteiger partial charge in [-0.05, 0) is 36.4 Å². The molecule has 1 aliphatic heterocycles. The van der Waals surface area contributed by atoms with Gasteiger partial charge < -0.3 is 15.0 Å². The Morgan fingerprint density at radius 1 is 1.45 bits per heavy atom. The van der Waals surface area contributed by atoms with Crippen LogP contribution in [0.5, 0.6) is 5.88 Å². The van der Waals surface area contributed by atoms with Crippen LogP contribution in [0.1, 0.15) is 17.4 Å². The fourth-order valence-corrected chi connectivity index (χ4v) is 3.50. The van der Waals surface area contributed by atoms with Gasteiger partial charge in [-0.2, -0.15) is 0 Å². The monoisotopic (exact) mass is 317 g/mol. The lowest BCUT2D eigenvalue weighted by Crippen LogP contribution is -2.43. The topological polar surface area (TPSA) is 54.5 Å². The Morgan fingerprint density at radius 3 is 3.05 bits per heavy atom. The van der Waals surface area contributed by atoms with E-state index in [0.717, 1.165) is 18.7 Å². The van der Waals surface area contributed by atoms with Crippen LogP contribution in [0, 0.1) is 0 Å². The van der Waals surface area contributed by atoms with Crippen molar-refractivity contribution < 1.29 is 9.53 Å². The fraction of sp³-hybridized carbons (Fsp3) is 0.375. The molecule has 1 aliphatic rings. The van der Waals surface area contributed by atoms with Crippen LogP contribution in [-0.2, 0) is 17.8 Å². The summed E-state index contributed by atoms with van der Waals surface area (Å²) in [7, 11) is 1.58. The summed E-state index contributed by atoms with van der Waals surface area (Å²) in [5.74, 6) is 0.679. The number of aromatic nitrogens is 1. The van der Waals surface area contributed by atoms with Gasteiger partial charge in [0.15, 0.2) is 0 Å². The third-order valence-electron chi connectivity index (χ3n) is 3.82. The molecule has 0 saturated carbocycles. The van der Waals surface area contributed by atoms with E-state index in [9.17, 15) is 4.79 Å². The van der Waals surface area contributed by atoms with Crippen molar-refractivity contribution in [3.05, 3.63) is 40.2 Å². The van der Waals surface area contributed by atoms with Gasteiger partial charge in [0.2, 0.25) is 11.8 Å². The highest BCUT2D eigenvalue weighted by molar-refractivity contribution is 7.10. The summed E-state index contributed by atoms with van der Waals surface area (Å²) in [5, 5.41) is 5.30. The minimum absolute atomic E-state index is 0.118. The number of carbonyl (C=O) groups is 1. The number of hydrogen-bond acceptors (Lipinski definition) is 5. The van der Waals surface area contributed by atoms with E-state index < -0.39 is 0 Å². The first-order valence-corrected chi connectivity index (χ1v) is 8.16. The van der Waals surface area contributed by atoms with E-state index in [4.69, 9.17) is 4.74 Å². The van der Waals surface area contributed by atoms with Gasteiger partial charge in [-0.15, -0.1) is 11.3 Å². The molecule has 6 heteroatoms. The highest BCUT2D eigenvalue weighted by Crippen LogP contribution is 2.24. The first-order valence-electron chi connectivity index (χ1n) is 7.28. The number of hydrogen-bond donors (Lipinski definition) is 1. The van der Waals surface area contributed by atoms with Crippen LogP contribution >= 0.6 is 11.3 Å². The largest absolute Gasteiger partial charge is 0.481 e. The van der Waals surface area contributed by atoms with Crippen LogP contribution in [0.4, 0.5) is 5.69 Å². The van der Waals surface area contributed by atoms with Crippen LogP contribution in [0.25, 0.3) is 0 Å². The molecule has 2 aromatic rings. The molecular weight excluding hydrogens is 298 g/mol. The summed E-state index contributed by atoms with van der Waals surface area (Å²) in [5.41, 5.74) is 2.10. The van der Waals surface area contributed by atoms with Crippen molar-refractivity contribution in [2.45, 2.75) is 25.9 Å². The quantitative estimate of drug-likeness (QED) is 0.941. The maximum absolute atomic E-state index is 12.6. The molecule has 0 saturated heterocycles. The Hall–Kier alpha value is -2.08. The van der Waals surface area contributed by atoms with Gasteiger partial charge in [-0.3, -0.25) is 4.79 Å². The van der Waals surface area contributed by atoms with E-state index in [1.807, 2.05) is 17.9 Å². The van der Waals surface area contributed by atoms with Crippen molar-refractivity contribution in [3.63, 3.8) is 0 Å². The van der Waals surface area contributed by atoms with Gasteiger partial charge in [-0.25, -0.2) is 4.98 Å². The number of carbonyl (C=O) groups excluding carboxylic acids is 1. The molecule has 0 spiro atoms. The molecule has 0 fully saturated rings. The van der Waals surface area contributed by atoms with Crippen molar-refractivity contribution in [2.75, 3.05) is 19.0 Å². The number of nitrogens with zero attached hydrogens (tertiary/aromatic N) is 2. The van der Waals surface area contributed by atoms with Gasteiger partial charge in [0, 0.05) is 24.0 Å². The fourth-order valence-electron chi connectivity index (χ4n) is 2.61. The summed E-state index contributed by atoms with van der Waals surface area (Å²) < 4.78 is 5.03. The van der Waals surface area contributed by atoms with Crippen molar-refractivity contribution in [3.8, 4) is 5.88 Å². The molecule has 1 N–H and O–H groups in total. The highest BCUT2D eigenvalue weighted by Gasteiger charge is 2.25. The summed E-state index contributed by atoms with van der Waals surface area (Å²) in [6.45, 7) is 3.39. The Labute approximate surface area is 133 Å². The standard InChI is InChI=1S/C16H19N3O2S/c1-11(18-13-3-4-15(21-2)17-9-13)16(20)19-7-5-14-12(10-19)6-8-22-14/h3-4,6,8-9,11,18H,5,7,10H2,1-2H3. The number of thiophene rings is 1. The smallest absolute Gasteiger partial charge is 0.245 e. The zero-order valence-electron chi connectivity index (χ0n) is 12.7. The lowest BCUT2D eigenvalue weighted by molar-refractivity contribution is -0.132. The first kappa shape index (κ1) is 14.8. The zero-order chi connectivity index (χ0) is 15.5. The summed E-state index contributed by atoms with van der Waals surface area (Å²) in [6, 6.07) is 5.47. The predicted molar refractivity (Wildman–Crippen MR) is 87.3 cm³/mol. The molecule has 116 valence electrons. The van der Waals surface area contributed by atoms with Crippen molar-refractivity contribution in [1.82, 2.24) is 9.88 Å². The van der Waals surface area contributed by atoms with E-state index in [1.54, 1.807) is 30.7 Å². The maximum Gasteiger partial charge on any atom is 0.245 e. The second-order valence-electron chi connectivity index (χ2n) is 5.33. The van der Waals surface area contributed by atoms with Gasteiger partial charge in [0.1, 0.15) is 6.04 Å². The number of pyridine rings is 1. The van der Waals surface area contributed by atoms with E-state index in [2.05, 4.69) is 21.7 Å². The van der Waals surface area contributed by atoms with Crippen molar-refractivity contribution in [2.24, 2.45) is 0 Å². The second-order valence-corrected chi connectivity index (χ2v) is 6.33. The molecule has 1 unspecified atom stereocenters. The van der Waals surface area contributed by atoms with E-state index >= 15 is 0 Å². The van der Waals surface area contributed by atoms with E-state index in [0.29, 0.717) is 12.4 Å². The highest BCUT2D eigenvalue weighted by atomic mass is 32.1. The molecule has 0 aromatic carbocycles. The molecule has 5 nitrogen and oxygen atoms in total. The molecule has 22 heavy (non-hydrogen) atoms. The number of fused-ring (bicyclic) bond motifs is 1. The molecule has 0 radical (unpaired) electrons. The van der Waals surface area contributed by atoms with Gasteiger partial charge >= 0.3 is 0 Å². The van der Waals surface area contributed by atoms with Crippen LogP contribution in [0.15, 0.2) is 29.8 Å². The van der Waals surface area contributed by atoms with E-state index in [-0.39, 0.29) is 11.9 Å². The number of anilines is 1. The van der Waals surface area contributed by atoms with Gasteiger partial charge in [0.25, 0.3) is 0 Å². The minimum Gasteiger partial charge on any atom is -0.481 e. The number of nitrogens with one attached hydrogen (secondary N) is 1. The van der Waals surface area contributed by atoms with Crippen LogP contribution in [0.2, 0.25) is 0 Å². The third-order valence-corrected chi connectivity index (χ3v) is 4.84. The maximum atomic E-state index is 12.6. The Kier molecular flexibility index (Phi) is 4.29. The third kappa shape index (κ3) is 3.06. The van der Waals surface area contributed by atoms with Crippen molar-refractivity contribution in [1.29, 1.82) is 0 Å². The molecule has 3 heterocycles. The molecule has 3 rings (SSSR count). The lowest BCUT2D eigenvalue weighted by Gasteiger charge is -2.30. The average Bonchev–Trinajstić information content (AvgIpc) is 3.02. The predicted octanol–water partition coefficient (Wildman–Crippen LogP) is 2.54. The zero-order valence-corrected chi connectivity index (χ0v) is 13.5. The van der Waals surface area contributed by atoms with Crippen molar-refractivity contribution >= 4 is 22.9 Å². The SMILES string of the molecule is COc1ccc(NC(C)C(=O)N2CCc3sccc3C2)cn1. The molecule has 1 atom stereocenters. The Morgan fingerprint density at radius 2 is 2.32 bits per heavy atom. The average molecular weight is 317 g/mol. The molecule has 0 aliphatic carbocycles. The van der Waals surface area contributed by atoms with Crippen LogP contribution in [0.3, 0.4) is 0 Å². The number of ether oxygens (including phenoxy) is 1. The number of amides is 1. The summed E-state index contributed by atoms with van der Waals surface area (Å²) in [6.07, 6.45) is 2.63. The van der Waals surface area contributed by atoms with Crippen LogP contribution < -0.4 is 10.1 Å². The Balaban J connectivity index is 1.62. The van der Waals surface area contributed by atoms with Gasteiger partial charge in [-0.1, -0.05) is 0 Å². The minimum atomic E-state index is -0.282.